The number of benzene rings is 1. The summed E-state index contributed by atoms with van der Waals surface area (Å²) in [5.41, 5.74) is 0. The molecule has 0 radical (unpaired) electrons. The van der Waals surface area contributed by atoms with Crippen molar-refractivity contribution in [2.45, 2.75) is 57.9 Å². The minimum absolute atomic E-state index is 0.179. The lowest BCUT2D eigenvalue weighted by Crippen LogP contribution is -2.23. The fourth-order valence-electron chi connectivity index (χ4n) is 2.66. The molecule has 22 heavy (non-hydrogen) atoms. The summed E-state index contributed by atoms with van der Waals surface area (Å²) < 4.78 is 11.2. The van der Waals surface area contributed by atoms with E-state index in [9.17, 15) is 4.79 Å². The first-order valence-corrected chi connectivity index (χ1v) is 8.45. The number of esters is 1. The van der Waals surface area contributed by atoms with Crippen LogP contribution in [0, 0.1) is 0 Å². The maximum atomic E-state index is 11.8. The molecule has 1 aliphatic heterocycles. The average Bonchev–Trinajstić information content (AvgIpc) is 3.02. The normalized spacial score (nSPS) is 17.4. The van der Waals surface area contributed by atoms with Crippen LogP contribution in [0.5, 0.6) is 11.5 Å². The number of para-hydroxylation sites is 2. The van der Waals surface area contributed by atoms with E-state index in [0.717, 1.165) is 32.2 Å². The largest absolute Gasteiger partial charge is 0.490 e. The molecule has 1 aliphatic rings. The Morgan fingerprint density at radius 1 is 1.27 bits per heavy atom. The fraction of sp³-hybridized carbons (Fsp3) is 0.611. The second kappa shape index (κ2) is 9.46. The topological polar surface area (TPSA) is 47.6 Å². The van der Waals surface area contributed by atoms with E-state index in [0.29, 0.717) is 30.6 Å². The molecule has 0 aromatic heterocycles. The Labute approximate surface area is 133 Å². The van der Waals surface area contributed by atoms with Gasteiger partial charge in [0.1, 0.15) is 0 Å². The first kappa shape index (κ1) is 16.8. The number of nitrogens with one attached hydrogen (secondary N) is 1. The highest BCUT2D eigenvalue weighted by Crippen LogP contribution is 2.27. The third-order valence-electron chi connectivity index (χ3n) is 3.94. The molecule has 1 atom stereocenters. The van der Waals surface area contributed by atoms with E-state index < -0.39 is 0 Å². The van der Waals surface area contributed by atoms with Gasteiger partial charge < -0.3 is 14.8 Å². The van der Waals surface area contributed by atoms with Crippen LogP contribution in [-0.4, -0.2) is 25.2 Å². The summed E-state index contributed by atoms with van der Waals surface area (Å²) in [4.78, 5) is 11.8. The van der Waals surface area contributed by atoms with Crippen molar-refractivity contribution in [3.63, 3.8) is 0 Å². The number of ether oxygens (including phenoxy) is 2. The first-order chi connectivity index (χ1) is 10.8. The van der Waals surface area contributed by atoms with Crippen molar-refractivity contribution in [2.24, 2.45) is 0 Å². The lowest BCUT2D eigenvalue weighted by molar-refractivity contribution is -0.134. The Hall–Kier alpha value is -1.55. The first-order valence-electron chi connectivity index (χ1n) is 8.45. The molecule has 1 unspecified atom stereocenters. The average molecular weight is 305 g/mol. The molecule has 0 aliphatic carbocycles. The van der Waals surface area contributed by atoms with Crippen molar-refractivity contribution in [1.29, 1.82) is 0 Å². The van der Waals surface area contributed by atoms with Gasteiger partial charge in [-0.25, -0.2) is 0 Å². The molecule has 2 rings (SSSR count). The molecule has 4 nitrogen and oxygen atoms in total. The molecule has 0 amide bonds. The zero-order valence-corrected chi connectivity index (χ0v) is 13.5. The Morgan fingerprint density at radius 3 is 2.82 bits per heavy atom. The molecular weight excluding hydrogens is 278 g/mol. The predicted octanol–water partition coefficient (Wildman–Crippen LogP) is 3.69. The molecule has 1 aromatic rings. The Kier molecular flexibility index (Phi) is 7.23. The standard InChI is InChI=1S/C18H27NO3/c1-2-3-4-11-18(20)22-17-10-6-5-9-16(17)21-14-12-15-8-7-13-19-15/h5-6,9-10,15,19H,2-4,7-8,11-14H2,1H3. The lowest BCUT2D eigenvalue weighted by Gasteiger charge is -2.14. The molecule has 1 fully saturated rings. The summed E-state index contributed by atoms with van der Waals surface area (Å²) in [6.45, 7) is 3.87. The van der Waals surface area contributed by atoms with Gasteiger partial charge in [-0.05, 0) is 44.4 Å². The Balaban J connectivity index is 1.79. The SMILES string of the molecule is CCCCCC(=O)Oc1ccccc1OCCC1CCCN1. The number of hydrogen-bond donors (Lipinski definition) is 1. The second-order valence-electron chi connectivity index (χ2n) is 5.81. The van der Waals surface area contributed by atoms with Gasteiger partial charge in [-0.15, -0.1) is 0 Å². The monoisotopic (exact) mass is 305 g/mol. The molecule has 1 aromatic carbocycles. The van der Waals surface area contributed by atoms with E-state index in [1.807, 2.05) is 18.2 Å². The van der Waals surface area contributed by atoms with Crippen molar-refractivity contribution < 1.29 is 14.3 Å². The summed E-state index contributed by atoms with van der Waals surface area (Å²) >= 11 is 0. The van der Waals surface area contributed by atoms with E-state index in [-0.39, 0.29) is 5.97 Å². The Morgan fingerprint density at radius 2 is 2.09 bits per heavy atom. The molecule has 1 heterocycles. The van der Waals surface area contributed by atoms with Crippen LogP contribution in [0.25, 0.3) is 0 Å². The third kappa shape index (κ3) is 5.68. The van der Waals surface area contributed by atoms with Gasteiger partial charge in [0.25, 0.3) is 0 Å². The molecular formula is C18H27NO3. The van der Waals surface area contributed by atoms with Gasteiger partial charge in [0.05, 0.1) is 6.61 Å². The zero-order valence-electron chi connectivity index (χ0n) is 13.5. The van der Waals surface area contributed by atoms with Gasteiger partial charge in [-0.2, -0.15) is 0 Å². The van der Waals surface area contributed by atoms with E-state index >= 15 is 0 Å². The molecule has 1 N–H and O–H groups in total. The van der Waals surface area contributed by atoms with Gasteiger partial charge in [0.15, 0.2) is 11.5 Å². The van der Waals surface area contributed by atoms with Crippen molar-refractivity contribution in [1.82, 2.24) is 5.32 Å². The minimum Gasteiger partial charge on any atom is -0.490 e. The summed E-state index contributed by atoms with van der Waals surface area (Å²) in [7, 11) is 0. The van der Waals surface area contributed by atoms with Crippen LogP contribution in [-0.2, 0) is 4.79 Å². The Bertz CT molecular complexity index is 455. The van der Waals surface area contributed by atoms with Gasteiger partial charge in [0, 0.05) is 12.5 Å². The molecule has 0 spiro atoms. The summed E-state index contributed by atoms with van der Waals surface area (Å²) in [5.74, 6) is 1.01. The van der Waals surface area contributed by atoms with Crippen molar-refractivity contribution in [3.05, 3.63) is 24.3 Å². The number of carbonyl (C=O) groups is 1. The molecule has 1 saturated heterocycles. The summed E-state index contributed by atoms with van der Waals surface area (Å²) in [6.07, 6.45) is 6.95. The van der Waals surface area contributed by atoms with Crippen LogP contribution in [0.3, 0.4) is 0 Å². The second-order valence-corrected chi connectivity index (χ2v) is 5.81. The molecule has 122 valence electrons. The van der Waals surface area contributed by atoms with Crippen LogP contribution in [0.15, 0.2) is 24.3 Å². The van der Waals surface area contributed by atoms with Crippen LogP contribution < -0.4 is 14.8 Å². The maximum Gasteiger partial charge on any atom is 0.311 e. The van der Waals surface area contributed by atoms with Crippen LogP contribution in [0.1, 0.15) is 51.9 Å². The van der Waals surface area contributed by atoms with Gasteiger partial charge in [-0.3, -0.25) is 4.79 Å². The number of rotatable bonds is 9. The smallest absolute Gasteiger partial charge is 0.311 e. The maximum absolute atomic E-state index is 11.8. The summed E-state index contributed by atoms with van der Waals surface area (Å²) in [6, 6.07) is 7.97. The number of unbranched alkanes of at least 4 members (excludes halogenated alkanes) is 2. The van der Waals surface area contributed by atoms with Crippen molar-refractivity contribution in [2.75, 3.05) is 13.2 Å². The number of hydrogen-bond acceptors (Lipinski definition) is 4. The van der Waals surface area contributed by atoms with E-state index in [1.165, 1.54) is 12.8 Å². The van der Waals surface area contributed by atoms with Crippen LogP contribution >= 0.6 is 0 Å². The molecule has 0 saturated carbocycles. The van der Waals surface area contributed by atoms with Crippen molar-refractivity contribution >= 4 is 5.97 Å². The zero-order chi connectivity index (χ0) is 15.6. The molecule has 0 bridgehead atoms. The third-order valence-corrected chi connectivity index (χ3v) is 3.94. The van der Waals surface area contributed by atoms with E-state index in [4.69, 9.17) is 9.47 Å². The minimum atomic E-state index is -0.179. The van der Waals surface area contributed by atoms with Gasteiger partial charge in [0.2, 0.25) is 0 Å². The highest BCUT2D eigenvalue weighted by atomic mass is 16.6. The van der Waals surface area contributed by atoms with E-state index in [2.05, 4.69) is 12.2 Å². The molecule has 4 heteroatoms. The van der Waals surface area contributed by atoms with Gasteiger partial charge in [-0.1, -0.05) is 31.9 Å². The number of carbonyl (C=O) groups excluding carboxylic acids is 1. The highest BCUT2D eigenvalue weighted by Gasteiger charge is 2.14. The summed E-state index contributed by atoms with van der Waals surface area (Å²) in [5, 5.41) is 3.45. The fourth-order valence-corrected chi connectivity index (χ4v) is 2.66. The lowest BCUT2D eigenvalue weighted by atomic mass is 10.2. The van der Waals surface area contributed by atoms with E-state index in [1.54, 1.807) is 6.07 Å². The quantitative estimate of drug-likeness (QED) is 0.429. The van der Waals surface area contributed by atoms with Crippen molar-refractivity contribution in [3.8, 4) is 11.5 Å². The van der Waals surface area contributed by atoms with Gasteiger partial charge >= 0.3 is 5.97 Å². The van der Waals surface area contributed by atoms with Crippen LogP contribution in [0.4, 0.5) is 0 Å². The highest BCUT2D eigenvalue weighted by molar-refractivity contribution is 5.73. The van der Waals surface area contributed by atoms with Crippen LogP contribution in [0.2, 0.25) is 0 Å². The predicted molar refractivity (Wildman–Crippen MR) is 87.4 cm³/mol.